The van der Waals surface area contributed by atoms with Crippen LogP contribution in [-0.4, -0.2) is 11.7 Å². The van der Waals surface area contributed by atoms with Crippen LogP contribution in [0.1, 0.15) is 19.4 Å². The van der Waals surface area contributed by atoms with E-state index in [4.69, 9.17) is 4.74 Å². The molecule has 0 aliphatic carbocycles. The number of hydrogen-bond donors (Lipinski definition) is 1. The molecule has 0 radical (unpaired) electrons. The summed E-state index contributed by atoms with van der Waals surface area (Å²) < 4.78 is 5.37. The lowest BCUT2D eigenvalue weighted by molar-refractivity contribution is 0.336. The standard InChI is InChI=1S/C10H14O2/c1-3-8-7-9(11)5-6-10(8)12-4-2/h5-7,11H,3-4H2,1-2H3. The lowest BCUT2D eigenvalue weighted by Gasteiger charge is -2.08. The predicted octanol–water partition coefficient (Wildman–Crippen LogP) is 2.35. The van der Waals surface area contributed by atoms with Crippen LogP contribution in [0.5, 0.6) is 11.5 Å². The lowest BCUT2D eigenvalue weighted by atomic mass is 10.1. The van der Waals surface area contributed by atoms with Crippen LogP contribution in [0.15, 0.2) is 18.2 Å². The van der Waals surface area contributed by atoms with E-state index in [-0.39, 0.29) is 0 Å². The first-order chi connectivity index (χ1) is 5.77. The van der Waals surface area contributed by atoms with Crippen molar-refractivity contribution in [2.24, 2.45) is 0 Å². The molecule has 0 aliphatic heterocycles. The molecule has 1 rings (SSSR count). The molecule has 1 aromatic rings. The van der Waals surface area contributed by atoms with E-state index in [0.717, 1.165) is 17.7 Å². The monoisotopic (exact) mass is 166 g/mol. The van der Waals surface area contributed by atoms with Gasteiger partial charge in [0.15, 0.2) is 0 Å². The first kappa shape index (κ1) is 8.91. The van der Waals surface area contributed by atoms with Gasteiger partial charge in [0.2, 0.25) is 0 Å². The molecule has 66 valence electrons. The van der Waals surface area contributed by atoms with Gasteiger partial charge in [-0.15, -0.1) is 0 Å². The molecule has 1 aromatic carbocycles. The predicted molar refractivity (Wildman–Crippen MR) is 48.7 cm³/mol. The molecular formula is C10H14O2. The molecule has 2 heteroatoms. The number of ether oxygens (including phenoxy) is 1. The molecule has 0 saturated heterocycles. The highest BCUT2D eigenvalue weighted by atomic mass is 16.5. The Bertz CT molecular complexity index is 256. The number of phenolic OH excluding ortho intramolecular Hbond substituents is 1. The largest absolute Gasteiger partial charge is 0.508 e. The minimum absolute atomic E-state index is 0.301. The highest BCUT2D eigenvalue weighted by Gasteiger charge is 2.01. The van der Waals surface area contributed by atoms with Crippen LogP contribution >= 0.6 is 0 Å². The third-order valence-corrected chi connectivity index (χ3v) is 1.72. The Morgan fingerprint density at radius 2 is 2.08 bits per heavy atom. The van der Waals surface area contributed by atoms with Gasteiger partial charge in [0.1, 0.15) is 11.5 Å². The molecule has 0 spiro atoms. The topological polar surface area (TPSA) is 29.5 Å². The van der Waals surface area contributed by atoms with Gasteiger partial charge in [-0.05, 0) is 37.1 Å². The van der Waals surface area contributed by atoms with Gasteiger partial charge in [0.05, 0.1) is 6.61 Å². The second kappa shape index (κ2) is 4.00. The Kier molecular flexibility index (Phi) is 2.97. The summed E-state index contributed by atoms with van der Waals surface area (Å²) in [6.45, 7) is 4.65. The van der Waals surface area contributed by atoms with Gasteiger partial charge < -0.3 is 9.84 Å². The zero-order chi connectivity index (χ0) is 8.97. The Labute approximate surface area is 72.8 Å². The molecule has 12 heavy (non-hydrogen) atoms. The molecule has 2 nitrogen and oxygen atoms in total. The van der Waals surface area contributed by atoms with Gasteiger partial charge in [-0.25, -0.2) is 0 Å². The molecule has 0 atom stereocenters. The van der Waals surface area contributed by atoms with Crippen molar-refractivity contribution in [2.75, 3.05) is 6.61 Å². The van der Waals surface area contributed by atoms with E-state index < -0.39 is 0 Å². The summed E-state index contributed by atoms with van der Waals surface area (Å²) in [4.78, 5) is 0. The molecule has 0 bridgehead atoms. The summed E-state index contributed by atoms with van der Waals surface area (Å²) >= 11 is 0. The fourth-order valence-corrected chi connectivity index (χ4v) is 1.14. The van der Waals surface area contributed by atoms with E-state index in [1.54, 1.807) is 18.2 Å². The minimum atomic E-state index is 0.301. The first-order valence-corrected chi connectivity index (χ1v) is 4.22. The molecule has 0 fully saturated rings. The average Bonchev–Trinajstić information content (AvgIpc) is 2.08. The number of hydrogen-bond acceptors (Lipinski definition) is 2. The fraction of sp³-hybridized carbons (Fsp3) is 0.400. The second-order valence-corrected chi connectivity index (χ2v) is 2.58. The van der Waals surface area contributed by atoms with E-state index >= 15 is 0 Å². The molecule has 0 unspecified atom stereocenters. The van der Waals surface area contributed by atoms with Gasteiger partial charge in [-0.3, -0.25) is 0 Å². The van der Waals surface area contributed by atoms with Gasteiger partial charge in [0.25, 0.3) is 0 Å². The summed E-state index contributed by atoms with van der Waals surface area (Å²) in [6, 6.07) is 5.19. The summed E-state index contributed by atoms with van der Waals surface area (Å²) in [5.74, 6) is 1.17. The van der Waals surface area contributed by atoms with Crippen molar-refractivity contribution in [1.82, 2.24) is 0 Å². The SMILES string of the molecule is CCOc1ccc(O)cc1CC. The van der Waals surface area contributed by atoms with E-state index in [1.807, 2.05) is 13.8 Å². The van der Waals surface area contributed by atoms with Crippen LogP contribution < -0.4 is 4.74 Å². The van der Waals surface area contributed by atoms with Crippen molar-refractivity contribution in [3.63, 3.8) is 0 Å². The van der Waals surface area contributed by atoms with Crippen LogP contribution in [0.4, 0.5) is 0 Å². The van der Waals surface area contributed by atoms with Crippen molar-refractivity contribution >= 4 is 0 Å². The van der Waals surface area contributed by atoms with Crippen LogP contribution in [0.2, 0.25) is 0 Å². The van der Waals surface area contributed by atoms with E-state index in [9.17, 15) is 5.11 Å². The van der Waals surface area contributed by atoms with Crippen LogP contribution in [0, 0.1) is 0 Å². The van der Waals surface area contributed by atoms with Crippen molar-refractivity contribution in [1.29, 1.82) is 0 Å². The molecule has 1 N–H and O–H groups in total. The number of benzene rings is 1. The number of aromatic hydroxyl groups is 1. The quantitative estimate of drug-likeness (QED) is 0.746. The zero-order valence-electron chi connectivity index (χ0n) is 7.50. The van der Waals surface area contributed by atoms with Crippen molar-refractivity contribution in [2.45, 2.75) is 20.3 Å². The first-order valence-electron chi connectivity index (χ1n) is 4.22. The second-order valence-electron chi connectivity index (χ2n) is 2.58. The van der Waals surface area contributed by atoms with E-state index in [2.05, 4.69) is 0 Å². The summed E-state index contributed by atoms with van der Waals surface area (Å²) in [7, 11) is 0. The Hall–Kier alpha value is -1.18. The number of phenols is 1. The van der Waals surface area contributed by atoms with E-state index in [0.29, 0.717) is 12.4 Å². The fourth-order valence-electron chi connectivity index (χ4n) is 1.14. The smallest absolute Gasteiger partial charge is 0.122 e. The van der Waals surface area contributed by atoms with Crippen molar-refractivity contribution in [3.8, 4) is 11.5 Å². The third kappa shape index (κ3) is 1.91. The maximum Gasteiger partial charge on any atom is 0.122 e. The molecule has 0 aromatic heterocycles. The molecular weight excluding hydrogens is 152 g/mol. The normalized spacial score (nSPS) is 9.83. The van der Waals surface area contributed by atoms with Gasteiger partial charge >= 0.3 is 0 Å². The zero-order valence-corrected chi connectivity index (χ0v) is 7.50. The maximum absolute atomic E-state index is 9.18. The van der Waals surface area contributed by atoms with Crippen LogP contribution in [0.25, 0.3) is 0 Å². The van der Waals surface area contributed by atoms with E-state index in [1.165, 1.54) is 0 Å². The Balaban J connectivity index is 2.94. The molecule has 0 saturated carbocycles. The molecule has 0 heterocycles. The summed E-state index contributed by atoms with van der Waals surface area (Å²) in [5, 5.41) is 9.18. The molecule has 0 amide bonds. The summed E-state index contributed by atoms with van der Waals surface area (Å²) in [6.07, 6.45) is 0.879. The van der Waals surface area contributed by atoms with Crippen molar-refractivity contribution < 1.29 is 9.84 Å². The third-order valence-electron chi connectivity index (χ3n) is 1.72. The molecule has 0 aliphatic rings. The average molecular weight is 166 g/mol. The highest BCUT2D eigenvalue weighted by molar-refractivity contribution is 5.39. The number of aryl methyl sites for hydroxylation is 1. The van der Waals surface area contributed by atoms with Crippen LogP contribution in [0.3, 0.4) is 0 Å². The van der Waals surface area contributed by atoms with Gasteiger partial charge in [-0.2, -0.15) is 0 Å². The van der Waals surface area contributed by atoms with Gasteiger partial charge in [-0.1, -0.05) is 6.92 Å². The number of rotatable bonds is 3. The van der Waals surface area contributed by atoms with Gasteiger partial charge in [0, 0.05) is 0 Å². The minimum Gasteiger partial charge on any atom is -0.508 e. The van der Waals surface area contributed by atoms with Crippen LogP contribution in [-0.2, 0) is 6.42 Å². The Morgan fingerprint density at radius 1 is 1.33 bits per heavy atom. The van der Waals surface area contributed by atoms with Crippen molar-refractivity contribution in [3.05, 3.63) is 23.8 Å². The lowest BCUT2D eigenvalue weighted by Crippen LogP contribution is -1.95. The Morgan fingerprint density at radius 3 is 2.67 bits per heavy atom. The highest BCUT2D eigenvalue weighted by Crippen LogP contribution is 2.23. The summed E-state index contributed by atoms with van der Waals surface area (Å²) in [5.41, 5.74) is 1.05. The maximum atomic E-state index is 9.18.